The van der Waals surface area contributed by atoms with Crippen LogP contribution < -0.4 is 17.2 Å². The summed E-state index contributed by atoms with van der Waals surface area (Å²) in [6.45, 7) is 0. The summed E-state index contributed by atoms with van der Waals surface area (Å²) in [4.78, 5) is 28.1. The summed E-state index contributed by atoms with van der Waals surface area (Å²) >= 11 is 0. The van der Waals surface area contributed by atoms with E-state index in [1.165, 1.54) is 36.9 Å². The number of rotatable bonds is 2. The van der Waals surface area contributed by atoms with Crippen molar-refractivity contribution in [3.8, 4) is 0 Å². The number of aromatic carboxylic acids is 1. The third-order valence-electron chi connectivity index (χ3n) is 2.21. The summed E-state index contributed by atoms with van der Waals surface area (Å²) in [7, 11) is 0. The number of hydrogen-bond donors (Lipinski definition) is 4. The zero-order chi connectivity index (χ0) is 15.1. The van der Waals surface area contributed by atoms with E-state index in [2.05, 4.69) is 9.97 Å². The van der Waals surface area contributed by atoms with Gasteiger partial charge in [-0.1, -0.05) is 0 Å². The van der Waals surface area contributed by atoms with Crippen molar-refractivity contribution < 1.29 is 14.7 Å². The first-order valence-electron chi connectivity index (χ1n) is 5.35. The lowest BCUT2D eigenvalue weighted by molar-refractivity contribution is 0.0697. The van der Waals surface area contributed by atoms with E-state index in [4.69, 9.17) is 22.3 Å². The molecule has 0 atom stereocenters. The third-order valence-corrected chi connectivity index (χ3v) is 2.21. The van der Waals surface area contributed by atoms with Gasteiger partial charge in [0.05, 0.1) is 5.56 Å². The molecule has 0 unspecified atom stereocenters. The number of carbonyl (C=O) groups excluding carboxylic acids is 1. The quantitative estimate of drug-likeness (QED) is 0.605. The van der Waals surface area contributed by atoms with Gasteiger partial charge in [0.2, 0.25) is 0 Å². The van der Waals surface area contributed by atoms with Crippen LogP contribution in [-0.4, -0.2) is 27.0 Å². The molecule has 8 heteroatoms. The monoisotopic (exact) mass is 275 g/mol. The van der Waals surface area contributed by atoms with Crippen LogP contribution in [0.3, 0.4) is 0 Å². The number of amides is 1. The number of carboxylic acids is 1. The minimum Gasteiger partial charge on any atom is -0.478 e. The van der Waals surface area contributed by atoms with Crippen LogP contribution in [-0.2, 0) is 0 Å². The molecule has 2 rings (SSSR count). The Labute approximate surface area is 114 Å². The number of anilines is 2. The van der Waals surface area contributed by atoms with E-state index in [1.54, 1.807) is 0 Å². The minimum atomic E-state index is -1.05. The van der Waals surface area contributed by atoms with E-state index in [0.29, 0.717) is 5.69 Å². The summed E-state index contributed by atoms with van der Waals surface area (Å²) in [5, 5.41) is 8.45. The normalized spacial score (nSPS) is 9.20. The number of nitrogens with zero attached hydrogens (tertiary/aromatic N) is 2. The topological polar surface area (TPSA) is 158 Å². The Hall–Kier alpha value is -3.16. The maximum absolute atomic E-state index is 10.5. The van der Waals surface area contributed by atoms with E-state index in [-0.39, 0.29) is 16.8 Å². The SMILES string of the molecule is NC(=O)c1cnccc1N.Nc1ccncc1C(=O)O. The maximum atomic E-state index is 10.5. The first kappa shape index (κ1) is 14.9. The second-order valence-corrected chi connectivity index (χ2v) is 3.60. The van der Waals surface area contributed by atoms with Gasteiger partial charge in [0, 0.05) is 36.2 Å². The molecule has 0 aromatic carbocycles. The van der Waals surface area contributed by atoms with Gasteiger partial charge in [0.25, 0.3) is 5.91 Å². The molecule has 0 radical (unpaired) electrons. The van der Waals surface area contributed by atoms with Crippen LogP contribution in [0.4, 0.5) is 11.4 Å². The number of aromatic nitrogens is 2. The molecule has 8 nitrogen and oxygen atoms in total. The van der Waals surface area contributed by atoms with Crippen molar-refractivity contribution >= 4 is 23.3 Å². The van der Waals surface area contributed by atoms with Gasteiger partial charge in [0.15, 0.2) is 0 Å². The Morgan fingerprint density at radius 2 is 1.40 bits per heavy atom. The number of nitrogen functional groups attached to an aromatic ring is 2. The van der Waals surface area contributed by atoms with Crippen molar-refractivity contribution in [2.75, 3.05) is 11.5 Å². The first-order valence-corrected chi connectivity index (χ1v) is 5.35. The highest BCUT2D eigenvalue weighted by Gasteiger charge is 2.05. The lowest BCUT2D eigenvalue weighted by Crippen LogP contribution is -2.13. The zero-order valence-corrected chi connectivity index (χ0v) is 10.4. The molecule has 20 heavy (non-hydrogen) atoms. The molecule has 2 aromatic heterocycles. The molecule has 0 bridgehead atoms. The average molecular weight is 275 g/mol. The highest BCUT2D eigenvalue weighted by Crippen LogP contribution is 2.07. The van der Waals surface area contributed by atoms with Crippen molar-refractivity contribution in [2.24, 2.45) is 5.73 Å². The fourth-order valence-electron chi connectivity index (χ4n) is 1.20. The van der Waals surface area contributed by atoms with Gasteiger partial charge >= 0.3 is 5.97 Å². The van der Waals surface area contributed by atoms with Crippen LogP contribution in [0.5, 0.6) is 0 Å². The summed E-state index contributed by atoms with van der Waals surface area (Å²) in [5.74, 6) is -1.60. The van der Waals surface area contributed by atoms with Gasteiger partial charge in [-0.25, -0.2) is 4.79 Å². The second-order valence-electron chi connectivity index (χ2n) is 3.60. The highest BCUT2D eigenvalue weighted by molar-refractivity contribution is 5.97. The summed E-state index contributed by atoms with van der Waals surface area (Å²) in [5.41, 5.74) is 16.5. The molecule has 2 aromatic rings. The van der Waals surface area contributed by atoms with Crippen LogP contribution in [0.25, 0.3) is 0 Å². The van der Waals surface area contributed by atoms with Crippen molar-refractivity contribution in [3.05, 3.63) is 48.0 Å². The Balaban J connectivity index is 0.000000200. The van der Waals surface area contributed by atoms with E-state index < -0.39 is 11.9 Å². The smallest absolute Gasteiger partial charge is 0.339 e. The van der Waals surface area contributed by atoms with Crippen molar-refractivity contribution in [1.29, 1.82) is 0 Å². The molecule has 0 spiro atoms. The van der Waals surface area contributed by atoms with Crippen LogP contribution in [0, 0.1) is 0 Å². The fourth-order valence-corrected chi connectivity index (χ4v) is 1.20. The molecule has 0 fully saturated rings. The van der Waals surface area contributed by atoms with Crippen molar-refractivity contribution in [2.45, 2.75) is 0 Å². The zero-order valence-electron chi connectivity index (χ0n) is 10.4. The number of pyridine rings is 2. The standard InChI is InChI=1S/C6H7N3O.C6H6N2O2/c7-5-1-2-9-3-4(5)6(8)10;7-5-1-2-8-3-4(5)6(9)10/h1-3H,(H2,7,9)(H2,8,10);1-3H,(H2,7,8)(H,9,10). The van der Waals surface area contributed by atoms with Gasteiger partial charge in [-0.05, 0) is 12.1 Å². The van der Waals surface area contributed by atoms with Crippen LogP contribution in [0.15, 0.2) is 36.9 Å². The average Bonchev–Trinajstić information content (AvgIpc) is 2.40. The van der Waals surface area contributed by atoms with Crippen LogP contribution >= 0.6 is 0 Å². The van der Waals surface area contributed by atoms with E-state index in [0.717, 1.165) is 0 Å². The molecule has 0 aliphatic rings. The van der Waals surface area contributed by atoms with Gasteiger partial charge in [0.1, 0.15) is 5.56 Å². The first-order chi connectivity index (χ1) is 9.43. The molecule has 7 N–H and O–H groups in total. The molecular weight excluding hydrogens is 262 g/mol. The summed E-state index contributed by atoms with van der Waals surface area (Å²) in [6, 6.07) is 2.98. The van der Waals surface area contributed by atoms with E-state index >= 15 is 0 Å². The Kier molecular flexibility index (Phi) is 4.98. The molecule has 0 saturated heterocycles. The highest BCUT2D eigenvalue weighted by atomic mass is 16.4. The number of primary amides is 1. The molecular formula is C12H13N5O3. The fraction of sp³-hybridized carbons (Fsp3) is 0. The predicted octanol–water partition coefficient (Wildman–Crippen LogP) is 0.125. The van der Waals surface area contributed by atoms with Gasteiger partial charge in [-0.3, -0.25) is 14.8 Å². The van der Waals surface area contributed by atoms with E-state index in [9.17, 15) is 9.59 Å². The summed E-state index contributed by atoms with van der Waals surface area (Å²) < 4.78 is 0. The third kappa shape index (κ3) is 3.95. The summed E-state index contributed by atoms with van der Waals surface area (Å²) in [6.07, 6.45) is 5.51. The molecule has 0 saturated carbocycles. The number of hydrogen-bond acceptors (Lipinski definition) is 6. The minimum absolute atomic E-state index is 0.0440. The van der Waals surface area contributed by atoms with Crippen LogP contribution in [0.2, 0.25) is 0 Å². The van der Waals surface area contributed by atoms with E-state index in [1.807, 2.05) is 0 Å². The van der Waals surface area contributed by atoms with Crippen LogP contribution in [0.1, 0.15) is 20.7 Å². The maximum Gasteiger partial charge on any atom is 0.339 e. The molecule has 0 aliphatic heterocycles. The number of carboxylic acid groups (broad SMARTS) is 1. The largest absolute Gasteiger partial charge is 0.478 e. The lowest BCUT2D eigenvalue weighted by Gasteiger charge is -1.96. The van der Waals surface area contributed by atoms with Gasteiger partial charge < -0.3 is 22.3 Å². The molecule has 104 valence electrons. The van der Waals surface area contributed by atoms with Gasteiger partial charge in [-0.2, -0.15) is 0 Å². The van der Waals surface area contributed by atoms with Gasteiger partial charge in [-0.15, -0.1) is 0 Å². The molecule has 2 heterocycles. The molecule has 0 aliphatic carbocycles. The Bertz CT molecular complexity index is 574. The second kappa shape index (κ2) is 6.69. The van der Waals surface area contributed by atoms with Crippen molar-refractivity contribution in [3.63, 3.8) is 0 Å². The Morgan fingerprint density at radius 1 is 0.950 bits per heavy atom. The lowest BCUT2D eigenvalue weighted by atomic mass is 10.2. The predicted molar refractivity (Wildman–Crippen MR) is 72.8 cm³/mol. The molecule has 1 amide bonds. The Morgan fingerprint density at radius 3 is 1.65 bits per heavy atom. The number of carbonyl (C=O) groups is 2. The number of nitrogens with two attached hydrogens (primary N) is 3. The van der Waals surface area contributed by atoms with Crippen molar-refractivity contribution in [1.82, 2.24) is 9.97 Å².